The van der Waals surface area contributed by atoms with Gasteiger partial charge in [0.1, 0.15) is 0 Å². The van der Waals surface area contributed by atoms with Crippen molar-refractivity contribution in [3.63, 3.8) is 0 Å². The summed E-state index contributed by atoms with van der Waals surface area (Å²) in [4.78, 5) is 0. The molecule has 0 aromatic rings. The lowest BCUT2D eigenvalue weighted by molar-refractivity contribution is -0.128. The van der Waals surface area contributed by atoms with Gasteiger partial charge in [-0.2, -0.15) is 0 Å². The van der Waals surface area contributed by atoms with Gasteiger partial charge in [-0.25, -0.2) is 0 Å². The van der Waals surface area contributed by atoms with Crippen LogP contribution in [0.4, 0.5) is 0 Å². The molecule has 5 rings (SSSR count). The van der Waals surface area contributed by atoms with Crippen molar-refractivity contribution in [2.45, 2.75) is 122 Å². The molecule has 29 heavy (non-hydrogen) atoms. The Morgan fingerprint density at radius 1 is 0.793 bits per heavy atom. The van der Waals surface area contributed by atoms with Crippen LogP contribution in [0.3, 0.4) is 0 Å². The van der Waals surface area contributed by atoms with Crippen molar-refractivity contribution in [2.24, 2.45) is 46.3 Å². The van der Waals surface area contributed by atoms with Crippen LogP contribution in [-0.2, 0) is 0 Å². The second-order valence-electron chi connectivity index (χ2n) is 12.7. The Balaban J connectivity index is 1.27. The predicted molar refractivity (Wildman–Crippen MR) is 118 cm³/mol. The van der Waals surface area contributed by atoms with E-state index < -0.39 is 0 Å². The summed E-state index contributed by atoms with van der Waals surface area (Å²) in [6.07, 6.45) is 19.3. The molecule has 0 saturated heterocycles. The molecule has 0 heterocycles. The van der Waals surface area contributed by atoms with Gasteiger partial charge in [0.05, 0.1) is 12.2 Å². The van der Waals surface area contributed by atoms with Crippen molar-refractivity contribution < 1.29 is 10.2 Å². The Morgan fingerprint density at radius 2 is 1.52 bits per heavy atom. The fourth-order valence-electron chi connectivity index (χ4n) is 9.79. The number of aliphatic hydroxyl groups is 2. The zero-order valence-corrected chi connectivity index (χ0v) is 19.1. The molecule has 5 fully saturated rings. The van der Waals surface area contributed by atoms with Crippen LogP contribution in [0, 0.1) is 46.3 Å². The van der Waals surface area contributed by atoms with E-state index in [2.05, 4.69) is 13.8 Å². The van der Waals surface area contributed by atoms with Crippen LogP contribution in [0.2, 0.25) is 0 Å². The third-order valence-electron chi connectivity index (χ3n) is 11.5. The molecule has 0 spiro atoms. The maximum absolute atomic E-state index is 10.9. The first-order chi connectivity index (χ1) is 13.9. The molecule has 5 saturated carbocycles. The normalized spacial score (nSPS) is 51.3. The topological polar surface area (TPSA) is 40.5 Å². The number of fused-ring (bicyclic) bond motifs is 5. The molecule has 3 unspecified atom stereocenters. The highest BCUT2D eigenvalue weighted by atomic mass is 16.3. The molecule has 0 aromatic carbocycles. The molecule has 166 valence electrons. The number of hydrogen-bond donors (Lipinski definition) is 2. The van der Waals surface area contributed by atoms with Gasteiger partial charge < -0.3 is 10.2 Å². The number of hydrogen-bond acceptors (Lipinski definition) is 2. The lowest BCUT2D eigenvalue weighted by Gasteiger charge is -2.61. The summed E-state index contributed by atoms with van der Waals surface area (Å²) in [6.45, 7) is 5.22. The van der Waals surface area contributed by atoms with Crippen molar-refractivity contribution in [1.82, 2.24) is 0 Å². The Bertz CT molecular complexity index is 583. The zero-order chi connectivity index (χ0) is 20.2. The maximum atomic E-state index is 10.9. The summed E-state index contributed by atoms with van der Waals surface area (Å²) < 4.78 is 0. The second kappa shape index (κ2) is 7.80. The summed E-state index contributed by atoms with van der Waals surface area (Å²) >= 11 is 0. The van der Waals surface area contributed by atoms with Crippen LogP contribution in [-0.4, -0.2) is 22.4 Å². The molecule has 2 nitrogen and oxygen atoms in total. The minimum absolute atomic E-state index is 0.0318. The average Bonchev–Trinajstić information content (AvgIpc) is 3.30. The van der Waals surface area contributed by atoms with Gasteiger partial charge in [0.15, 0.2) is 0 Å². The number of rotatable bonds is 4. The molecule has 0 radical (unpaired) electrons. The van der Waals surface area contributed by atoms with Gasteiger partial charge in [0.2, 0.25) is 0 Å². The van der Waals surface area contributed by atoms with Crippen LogP contribution in [0.5, 0.6) is 0 Å². The second-order valence-corrected chi connectivity index (χ2v) is 12.7. The fourth-order valence-corrected chi connectivity index (χ4v) is 9.79. The third kappa shape index (κ3) is 3.53. The molecule has 9 atom stereocenters. The molecule has 5 aliphatic carbocycles. The minimum Gasteiger partial charge on any atom is -0.393 e. The van der Waals surface area contributed by atoms with Crippen molar-refractivity contribution >= 4 is 0 Å². The Hall–Kier alpha value is -0.0800. The lowest BCUT2D eigenvalue weighted by atomic mass is 9.44. The van der Waals surface area contributed by atoms with Gasteiger partial charge in [-0.05, 0) is 117 Å². The zero-order valence-electron chi connectivity index (χ0n) is 19.1. The first-order valence-electron chi connectivity index (χ1n) is 13.3. The van der Waals surface area contributed by atoms with E-state index in [1.54, 1.807) is 0 Å². The molecule has 0 amide bonds. The van der Waals surface area contributed by atoms with Crippen molar-refractivity contribution in [2.75, 3.05) is 0 Å². The summed E-state index contributed by atoms with van der Waals surface area (Å²) in [5, 5.41) is 21.2. The van der Waals surface area contributed by atoms with Crippen LogP contribution in [0.1, 0.15) is 110 Å². The van der Waals surface area contributed by atoms with E-state index in [0.717, 1.165) is 61.2 Å². The maximum Gasteiger partial charge on any atom is 0.0545 e. The van der Waals surface area contributed by atoms with Crippen LogP contribution < -0.4 is 0 Å². The van der Waals surface area contributed by atoms with E-state index in [1.165, 1.54) is 70.6 Å². The largest absolute Gasteiger partial charge is 0.393 e. The van der Waals surface area contributed by atoms with Gasteiger partial charge >= 0.3 is 0 Å². The van der Waals surface area contributed by atoms with Gasteiger partial charge in [0.25, 0.3) is 0 Å². The highest BCUT2D eigenvalue weighted by molar-refractivity contribution is 5.09. The molecular formula is C27H46O2. The van der Waals surface area contributed by atoms with Crippen molar-refractivity contribution in [3.05, 3.63) is 0 Å². The standard InChI is InChI=1S/C27H46O2/c1-26-13-11-21(28)16-19(26)7-9-23-24-10-8-20(27(24,2)14-12-25(23)26)17-22(29)15-18-5-3-4-6-18/h18-25,28-29H,3-17H2,1-2H3/t19?,20-,21+,22+,23+,24?,25?,26+,27-/m1/s1. The fraction of sp³-hybridized carbons (Fsp3) is 1.00. The van der Waals surface area contributed by atoms with E-state index in [4.69, 9.17) is 0 Å². The minimum atomic E-state index is -0.0514. The lowest BCUT2D eigenvalue weighted by Crippen LogP contribution is -2.54. The van der Waals surface area contributed by atoms with Crippen LogP contribution in [0.25, 0.3) is 0 Å². The third-order valence-corrected chi connectivity index (χ3v) is 11.5. The summed E-state index contributed by atoms with van der Waals surface area (Å²) in [7, 11) is 0. The molecule has 0 bridgehead atoms. The van der Waals surface area contributed by atoms with Crippen LogP contribution >= 0.6 is 0 Å². The SMILES string of the molecule is C[C@]12CC[C@H](O)CC1CC[C@@H]1C2CC[C@@]2(C)C1CC[C@@H]2C[C@@H](O)CC1CCCC1. The van der Waals surface area contributed by atoms with Crippen LogP contribution in [0.15, 0.2) is 0 Å². The van der Waals surface area contributed by atoms with Crippen molar-refractivity contribution in [1.29, 1.82) is 0 Å². The van der Waals surface area contributed by atoms with E-state index >= 15 is 0 Å². The smallest absolute Gasteiger partial charge is 0.0545 e. The Kier molecular flexibility index (Phi) is 5.60. The highest BCUT2D eigenvalue weighted by Crippen LogP contribution is 2.67. The Morgan fingerprint density at radius 3 is 2.31 bits per heavy atom. The quantitative estimate of drug-likeness (QED) is 0.576. The van der Waals surface area contributed by atoms with Gasteiger partial charge in [-0.3, -0.25) is 0 Å². The molecule has 0 aromatic heterocycles. The Labute approximate surface area is 179 Å². The van der Waals surface area contributed by atoms with E-state index in [-0.39, 0.29) is 12.2 Å². The predicted octanol–water partition coefficient (Wildman–Crippen LogP) is 6.34. The first-order valence-corrected chi connectivity index (χ1v) is 13.3. The monoisotopic (exact) mass is 402 g/mol. The first kappa shape index (κ1) is 20.8. The molecule has 5 aliphatic rings. The summed E-state index contributed by atoms with van der Waals surface area (Å²) in [5.74, 6) is 5.04. The molecule has 0 aliphatic heterocycles. The summed E-state index contributed by atoms with van der Waals surface area (Å²) in [5.41, 5.74) is 0.971. The molecule has 2 N–H and O–H groups in total. The van der Waals surface area contributed by atoms with E-state index in [9.17, 15) is 10.2 Å². The number of aliphatic hydroxyl groups excluding tert-OH is 2. The average molecular weight is 403 g/mol. The molecular weight excluding hydrogens is 356 g/mol. The van der Waals surface area contributed by atoms with Crippen molar-refractivity contribution in [3.8, 4) is 0 Å². The summed E-state index contributed by atoms with van der Waals surface area (Å²) in [6, 6.07) is 0. The van der Waals surface area contributed by atoms with E-state index in [1.807, 2.05) is 0 Å². The highest BCUT2D eigenvalue weighted by Gasteiger charge is 2.60. The van der Waals surface area contributed by atoms with E-state index in [0.29, 0.717) is 10.8 Å². The van der Waals surface area contributed by atoms with Gasteiger partial charge in [0, 0.05) is 0 Å². The molecule has 2 heteroatoms. The van der Waals surface area contributed by atoms with Gasteiger partial charge in [-0.15, -0.1) is 0 Å². The van der Waals surface area contributed by atoms with Gasteiger partial charge in [-0.1, -0.05) is 39.5 Å².